The number of carbonyl (C=O) groups is 1. The number of amides is 1. The van der Waals surface area contributed by atoms with Gasteiger partial charge in [-0.15, -0.1) is 0 Å². The zero-order chi connectivity index (χ0) is 8.15. The third-order valence-corrected chi connectivity index (χ3v) is 1.63. The van der Waals surface area contributed by atoms with Crippen molar-refractivity contribution in [1.29, 1.82) is 0 Å². The van der Waals surface area contributed by atoms with Gasteiger partial charge >= 0.3 is 0 Å². The molecule has 0 fully saturated rings. The lowest BCUT2D eigenvalue weighted by molar-refractivity contribution is -0.119. The average Bonchev–Trinajstić information content (AvgIpc) is 1.81. The van der Waals surface area contributed by atoms with Crippen LogP contribution in [0.2, 0.25) is 0 Å². The van der Waals surface area contributed by atoms with E-state index in [1.165, 1.54) is 0 Å². The molecule has 0 aromatic carbocycles. The van der Waals surface area contributed by atoms with E-state index < -0.39 is 0 Å². The SMILES string of the molecule is CC(C)N(CS)CC(N)=O. The van der Waals surface area contributed by atoms with Crippen LogP contribution in [0.25, 0.3) is 0 Å². The molecule has 0 bridgehead atoms. The molecule has 2 N–H and O–H groups in total. The van der Waals surface area contributed by atoms with E-state index in [0.717, 1.165) is 0 Å². The molecule has 0 saturated heterocycles. The standard InChI is InChI=1S/C6H14N2OS/c1-5(2)8(4-10)3-6(7)9/h5,10H,3-4H2,1-2H3,(H2,7,9). The summed E-state index contributed by atoms with van der Waals surface area (Å²) in [4.78, 5) is 12.3. The highest BCUT2D eigenvalue weighted by Gasteiger charge is 2.08. The molecule has 0 rings (SSSR count). The summed E-state index contributed by atoms with van der Waals surface area (Å²) in [6.07, 6.45) is 0. The predicted octanol–water partition coefficient (Wildman–Crippen LogP) is 0.0694. The van der Waals surface area contributed by atoms with Crippen LogP contribution in [0.5, 0.6) is 0 Å². The Balaban J connectivity index is 3.71. The molecule has 0 aliphatic carbocycles. The van der Waals surface area contributed by atoms with E-state index >= 15 is 0 Å². The summed E-state index contributed by atoms with van der Waals surface area (Å²) in [7, 11) is 0. The fourth-order valence-corrected chi connectivity index (χ4v) is 1.02. The van der Waals surface area contributed by atoms with Gasteiger partial charge in [-0.05, 0) is 13.8 Å². The van der Waals surface area contributed by atoms with Crippen LogP contribution in [0.15, 0.2) is 0 Å². The molecule has 10 heavy (non-hydrogen) atoms. The first-order chi connectivity index (χ1) is 4.57. The van der Waals surface area contributed by atoms with E-state index in [9.17, 15) is 4.79 Å². The number of nitrogens with two attached hydrogens (primary N) is 1. The van der Waals surface area contributed by atoms with Crippen molar-refractivity contribution in [2.75, 3.05) is 12.4 Å². The summed E-state index contributed by atoms with van der Waals surface area (Å²) in [6, 6.07) is 0.324. The fraction of sp³-hybridized carbons (Fsp3) is 0.833. The molecule has 3 nitrogen and oxygen atoms in total. The van der Waals surface area contributed by atoms with Crippen LogP contribution in [-0.4, -0.2) is 29.3 Å². The van der Waals surface area contributed by atoms with Crippen LogP contribution in [0.1, 0.15) is 13.8 Å². The van der Waals surface area contributed by atoms with Crippen molar-refractivity contribution in [2.24, 2.45) is 5.73 Å². The van der Waals surface area contributed by atoms with Gasteiger partial charge in [-0.2, -0.15) is 12.6 Å². The van der Waals surface area contributed by atoms with Crippen LogP contribution >= 0.6 is 12.6 Å². The average molecular weight is 162 g/mol. The Hall–Kier alpha value is -0.220. The minimum absolute atomic E-state index is 0.293. The van der Waals surface area contributed by atoms with E-state index in [1.807, 2.05) is 18.7 Å². The Morgan fingerprint density at radius 2 is 2.20 bits per heavy atom. The molecule has 0 aromatic rings. The Bertz CT molecular complexity index is 116. The molecule has 0 spiro atoms. The molecule has 0 aliphatic heterocycles. The lowest BCUT2D eigenvalue weighted by atomic mass is 10.3. The van der Waals surface area contributed by atoms with Crippen molar-refractivity contribution in [2.45, 2.75) is 19.9 Å². The van der Waals surface area contributed by atoms with Gasteiger partial charge in [-0.1, -0.05) is 0 Å². The van der Waals surface area contributed by atoms with Gasteiger partial charge in [0.25, 0.3) is 0 Å². The predicted molar refractivity (Wildman–Crippen MR) is 44.9 cm³/mol. The second-order valence-corrected chi connectivity index (χ2v) is 2.73. The monoisotopic (exact) mass is 162 g/mol. The zero-order valence-corrected chi connectivity index (χ0v) is 7.27. The van der Waals surface area contributed by atoms with Crippen molar-refractivity contribution in [3.8, 4) is 0 Å². The summed E-state index contributed by atoms with van der Waals surface area (Å²) in [5, 5.41) is 0. The number of hydrogen-bond donors (Lipinski definition) is 2. The summed E-state index contributed by atoms with van der Waals surface area (Å²) >= 11 is 4.05. The van der Waals surface area contributed by atoms with E-state index in [-0.39, 0.29) is 5.91 Å². The molecular weight excluding hydrogens is 148 g/mol. The minimum atomic E-state index is -0.303. The lowest BCUT2D eigenvalue weighted by Crippen LogP contribution is -2.37. The molecule has 0 saturated carbocycles. The third-order valence-electron chi connectivity index (χ3n) is 1.27. The molecule has 0 radical (unpaired) electrons. The van der Waals surface area contributed by atoms with Crippen LogP contribution < -0.4 is 5.73 Å². The smallest absolute Gasteiger partial charge is 0.231 e. The molecule has 1 amide bonds. The van der Waals surface area contributed by atoms with Gasteiger partial charge in [0.15, 0.2) is 0 Å². The van der Waals surface area contributed by atoms with Crippen molar-refractivity contribution in [3.05, 3.63) is 0 Å². The lowest BCUT2D eigenvalue weighted by Gasteiger charge is -2.21. The quantitative estimate of drug-likeness (QED) is 0.454. The summed E-state index contributed by atoms with van der Waals surface area (Å²) in [5.41, 5.74) is 4.99. The number of thiol groups is 1. The highest BCUT2D eigenvalue weighted by Crippen LogP contribution is 1.97. The Kier molecular flexibility index (Phi) is 4.47. The summed E-state index contributed by atoms with van der Waals surface area (Å²) < 4.78 is 0. The number of nitrogens with zero attached hydrogens (tertiary/aromatic N) is 1. The summed E-state index contributed by atoms with van der Waals surface area (Å²) in [6.45, 7) is 4.29. The minimum Gasteiger partial charge on any atom is -0.369 e. The Morgan fingerprint density at radius 3 is 2.30 bits per heavy atom. The first-order valence-corrected chi connectivity index (χ1v) is 3.84. The highest BCUT2D eigenvalue weighted by atomic mass is 32.1. The van der Waals surface area contributed by atoms with Gasteiger partial charge in [0.2, 0.25) is 5.91 Å². The van der Waals surface area contributed by atoms with Gasteiger partial charge in [0.05, 0.1) is 6.54 Å². The maximum Gasteiger partial charge on any atom is 0.231 e. The van der Waals surface area contributed by atoms with Gasteiger partial charge in [-0.3, -0.25) is 9.69 Å². The van der Waals surface area contributed by atoms with Crippen molar-refractivity contribution < 1.29 is 4.79 Å². The molecule has 0 atom stereocenters. The second kappa shape index (κ2) is 4.57. The van der Waals surface area contributed by atoms with E-state index in [2.05, 4.69) is 12.6 Å². The topological polar surface area (TPSA) is 46.3 Å². The van der Waals surface area contributed by atoms with E-state index in [4.69, 9.17) is 5.73 Å². The number of rotatable bonds is 4. The van der Waals surface area contributed by atoms with Crippen LogP contribution in [0, 0.1) is 0 Å². The Labute approximate surface area is 67.0 Å². The normalized spacial score (nSPS) is 10.9. The van der Waals surface area contributed by atoms with Crippen molar-refractivity contribution in [1.82, 2.24) is 4.90 Å². The Morgan fingerprint density at radius 1 is 1.70 bits per heavy atom. The van der Waals surface area contributed by atoms with Crippen LogP contribution in [-0.2, 0) is 4.79 Å². The molecule has 0 heterocycles. The molecular formula is C6H14N2OS. The van der Waals surface area contributed by atoms with Gasteiger partial charge in [0.1, 0.15) is 0 Å². The first-order valence-electron chi connectivity index (χ1n) is 3.21. The second-order valence-electron chi connectivity index (χ2n) is 2.45. The van der Waals surface area contributed by atoms with E-state index in [0.29, 0.717) is 18.5 Å². The molecule has 0 aromatic heterocycles. The largest absolute Gasteiger partial charge is 0.369 e. The third kappa shape index (κ3) is 3.74. The number of primary amides is 1. The highest BCUT2D eigenvalue weighted by molar-refractivity contribution is 7.80. The van der Waals surface area contributed by atoms with Gasteiger partial charge in [-0.25, -0.2) is 0 Å². The number of hydrogen-bond acceptors (Lipinski definition) is 3. The molecule has 0 unspecified atom stereocenters. The zero-order valence-electron chi connectivity index (χ0n) is 6.37. The van der Waals surface area contributed by atoms with Crippen molar-refractivity contribution in [3.63, 3.8) is 0 Å². The molecule has 60 valence electrons. The van der Waals surface area contributed by atoms with Crippen molar-refractivity contribution >= 4 is 18.5 Å². The molecule has 0 aliphatic rings. The fourth-order valence-electron chi connectivity index (χ4n) is 0.596. The number of carbonyl (C=O) groups excluding carboxylic acids is 1. The van der Waals surface area contributed by atoms with Gasteiger partial charge in [0, 0.05) is 11.9 Å². The first kappa shape index (κ1) is 9.78. The van der Waals surface area contributed by atoms with Gasteiger partial charge < -0.3 is 5.73 Å². The van der Waals surface area contributed by atoms with Crippen LogP contribution in [0.4, 0.5) is 0 Å². The molecule has 4 heteroatoms. The maximum atomic E-state index is 10.4. The van der Waals surface area contributed by atoms with Crippen LogP contribution in [0.3, 0.4) is 0 Å². The van der Waals surface area contributed by atoms with E-state index in [1.54, 1.807) is 0 Å². The summed E-state index contributed by atoms with van der Waals surface area (Å²) in [5.74, 6) is 0.267. The maximum absolute atomic E-state index is 10.4.